The van der Waals surface area contributed by atoms with Crippen molar-refractivity contribution in [2.75, 3.05) is 19.0 Å². The van der Waals surface area contributed by atoms with Gasteiger partial charge >= 0.3 is 0 Å². The van der Waals surface area contributed by atoms with E-state index in [1.165, 1.54) is 17.5 Å². The van der Waals surface area contributed by atoms with Gasteiger partial charge in [0, 0.05) is 25.2 Å². The van der Waals surface area contributed by atoms with E-state index in [1.807, 2.05) is 14.1 Å². The number of fused-ring (bicyclic) bond motifs is 1. The summed E-state index contributed by atoms with van der Waals surface area (Å²) in [7, 11) is 3.92. The Hall–Kier alpha value is -1.35. The van der Waals surface area contributed by atoms with Gasteiger partial charge in [0.15, 0.2) is 0 Å². The van der Waals surface area contributed by atoms with Crippen molar-refractivity contribution in [3.05, 3.63) is 29.3 Å². The van der Waals surface area contributed by atoms with Crippen molar-refractivity contribution in [2.45, 2.75) is 32.2 Å². The van der Waals surface area contributed by atoms with Crippen molar-refractivity contribution >= 4 is 11.6 Å². The van der Waals surface area contributed by atoms with E-state index in [-0.39, 0.29) is 5.91 Å². The third kappa shape index (κ3) is 2.16. The maximum absolute atomic E-state index is 11.7. The zero-order chi connectivity index (χ0) is 13.6. The van der Waals surface area contributed by atoms with Crippen molar-refractivity contribution < 1.29 is 4.79 Å². The Kier molecular flexibility index (Phi) is 3.09. The van der Waals surface area contributed by atoms with Crippen LogP contribution in [0.1, 0.15) is 36.9 Å². The zero-order valence-electron chi connectivity index (χ0n) is 11.9. The predicted octanol–water partition coefficient (Wildman–Crippen LogP) is 2.51. The van der Waals surface area contributed by atoms with Gasteiger partial charge in [0.25, 0.3) is 0 Å². The number of anilines is 1. The molecule has 0 spiro atoms. The van der Waals surface area contributed by atoms with Gasteiger partial charge < -0.3 is 10.2 Å². The Morgan fingerprint density at radius 2 is 2.11 bits per heavy atom. The first-order chi connectivity index (χ1) is 9.11. The molecule has 1 aliphatic carbocycles. The number of amides is 1. The molecule has 1 aromatic rings. The Labute approximate surface area is 115 Å². The first-order valence-electron chi connectivity index (χ1n) is 7.18. The first kappa shape index (κ1) is 12.7. The summed E-state index contributed by atoms with van der Waals surface area (Å²) in [5.41, 5.74) is 3.77. The molecule has 0 radical (unpaired) electrons. The van der Waals surface area contributed by atoms with Crippen molar-refractivity contribution in [2.24, 2.45) is 11.8 Å². The van der Waals surface area contributed by atoms with Crippen LogP contribution in [0.5, 0.6) is 0 Å². The molecular weight excluding hydrogens is 236 g/mol. The van der Waals surface area contributed by atoms with Crippen molar-refractivity contribution in [3.8, 4) is 0 Å². The molecule has 0 saturated heterocycles. The maximum atomic E-state index is 11.7. The van der Waals surface area contributed by atoms with Crippen LogP contribution in [-0.4, -0.2) is 20.0 Å². The normalized spacial score (nSPS) is 27.1. The minimum absolute atomic E-state index is 0.223. The minimum atomic E-state index is 0.223. The monoisotopic (exact) mass is 258 g/mol. The topological polar surface area (TPSA) is 32.3 Å². The van der Waals surface area contributed by atoms with Crippen LogP contribution in [0.15, 0.2) is 18.2 Å². The number of hydrogen-bond donors (Lipinski definition) is 1. The molecule has 1 N–H and O–H groups in total. The van der Waals surface area contributed by atoms with Gasteiger partial charge in [0.2, 0.25) is 5.91 Å². The maximum Gasteiger partial charge on any atom is 0.227 e. The number of benzene rings is 1. The Bertz CT molecular complexity index is 511. The highest BCUT2D eigenvalue weighted by Gasteiger charge is 2.39. The number of nitrogens with zero attached hydrogens (tertiary/aromatic N) is 1. The smallest absolute Gasteiger partial charge is 0.227 e. The molecule has 19 heavy (non-hydrogen) atoms. The minimum Gasteiger partial charge on any atom is -0.315 e. The van der Waals surface area contributed by atoms with Crippen LogP contribution in [0.25, 0.3) is 0 Å². The highest BCUT2D eigenvalue weighted by Crippen LogP contribution is 2.47. The molecule has 3 rings (SSSR count). The zero-order valence-corrected chi connectivity index (χ0v) is 11.9. The number of hydrogen-bond acceptors (Lipinski definition) is 2. The van der Waals surface area contributed by atoms with Gasteiger partial charge in [0.05, 0.1) is 0 Å². The first-order valence-corrected chi connectivity index (χ1v) is 7.18. The molecular formula is C16H22N2O. The third-order valence-corrected chi connectivity index (χ3v) is 4.72. The van der Waals surface area contributed by atoms with E-state index in [0.717, 1.165) is 23.9 Å². The van der Waals surface area contributed by atoms with E-state index < -0.39 is 0 Å². The molecule has 0 aromatic heterocycles. The summed E-state index contributed by atoms with van der Waals surface area (Å²) in [6.45, 7) is 2.32. The van der Waals surface area contributed by atoms with Crippen LogP contribution in [0.3, 0.4) is 0 Å². The molecule has 3 heteroatoms. The highest BCUT2D eigenvalue weighted by molar-refractivity contribution is 5.95. The second kappa shape index (κ2) is 4.64. The van der Waals surface area contributed by atoms with Crippen LogP contribution in [0, 0.1) is 11.8 Å². The summed E-state index contributed by atoms with van der Waals surface area (Å²) < 4.78 is 0. The third-order valence-electron chi connectivity index (χ3n) is 4.72. The van der Waals surface area contributed by atoms with Crippen molar-refractivity contribution in [3.63, 3.8) is 0 Å². The molecule has 3 nitrogen and oxygen atoms in total. The van der Waals surface area contributed by atoms with Crippen LogP contribution in [0.4, 0.5) is 5.69 Å². The molecule has 1 aliphatic heterocycles. The number of nitrogens with one attached hydrogen (secondary N) is 1. The number of carbonyl (C=O) groups is 1. The van der Waals surface area contributed by atoms with E-state index in [0.29, 0.717) is 12.5 Å². The van der Waals surface area contributed by atoms with Gasteiger partial charge in [-0.1, -0.05) is 19.1 Å². The standard InChI is InChI=1S/C16H22N2O/c1-10-8-13(10)16(17-2)12-4-6-14-11(9-12)5-7-15(19)18(14)3/h4,6,9-10,13,16-17H,5,7-8H2,1-3H3. The van der Waals surface area contributed by atoms with Gasteiger partial charge in [0.1, 0.15) is 0 Å². The summed E-state index contributed by atoms with van der Waals surface area (Å²) in [5.74, 6) is 1.82. The lowest BCUT2D eigenvalue weighted by atomic mass is 9.94. The summed E-state index contributed by atoms with van der Waals surface area (Å²) in [4.78, 5) is 13.5. The van der Waals surface area contributed by atoms with Gasteiger partial charge in [-0.15, -0.1) is 0 Å². The summed E-state index contributed by atoms with van der Waals surface area (Å²) in [5, 5.41) is 3.46. The quantitative estimate of drug-likeness (QED) is 0.903. The van der Waals surface area contributed by atoms with Gasteiger partial charge in [-0.3, -0.25) is 4.79 Å². The molecule has 1 saturated carbocycles. The fourth-order valence-electron chi connectivity index (χ4n) is 3.31. The lowest BCUT2D eigenvalue weighted by molar-refractivity contribution is -0.118. The van der Waals surface area contributed by atoms with Crippen LogP contribution in [-0.2, 0) is 11.2 Å². The van der Waals surface area contributed by atoms with Crippen molar-refractivity contribution in [1.82, 2.24) is 5.32 Å². The molecule has 3 atom stereocenters. The van der Waals surface area contributed by atoms with Gasteiger partial charge in [-0.2, -0.15) is 0 Å². The SMILES string of the molecule is CNC(c1ccc2c(c1)CCC(=O)N2C)C1CC1C. The average Bonchev–Trinajstić information content (AvgIpc) is 3.12. The largest absolute Gasteiger partial charge is 0.315 e. The molecule has 3 unspecified atom stereocenters. The number of carbonyl (C=O) groups excluding carboxylic acids is 1. The van der Waals surface area contributed by atoms with Crippen LogP contribution in [0.2, 0.25) is 0 Å². The highest BCUT2D eigenvalue weighted by atomic mass is 16.2. The number of aryl methyl sites for hydroxylation is 1. The van der Waals surface area contributed by atoms with Crippen LogP contribution < -0.4 is 10.2 Å². The second-order valence-electron chi connectivity index (χ2n) is 5.98. The van der Waals surface area contributed by atoms with Crippen molar-refractivity contribution in [1.29, 1.82) is 0 Å². The van der Waals surface area contributed by atoms with Crippen LogP contribution >= 0.6 is 0 Å². The molecule has 1 aromatic carbocycles. The second-order valence-corrected chi connectivity index (χ2v) is 5.98. The lowest BCUT2D eigenvalue weighted by Crippen LogP contribution is -2.31. The Balaban J connectivity index is 1.91. The van der Waals surface area contributed by atoms with E-state index >= 15 is 0 Å². The fourth-order valence-corrected chi connectivity index (χ4v) is 3.31. The van der Waals surface area contributed by atoms with E-state index in [9.17, 15) is 4.79 Å². The van der Waals surface area contributed by atoms with E-state index in [1.54, 1.807) is 4.90 Å². The predicted molar refractivity (Wildman–Crippen MR) is 77.2 cm³/mol. The lowest BCUT2D eigenvalue weighted by Gasteiger charge is -2.27. The Morgan fingerprint density at radius 3 is 2.74 bits per heavy atom. The molecule has 102 valence electrons. The molecule has 0 bridgehead atoms. The molecule has 2 aliphatic rings. The van der Waals surface area contributed by atoms with Gasteiger partial charge in [-0.05, 0) is 48.9 Å². The molecule has 1 heterocycles. The number of rotatable bonds is 3. The Morgan fingerprint density at radius 1 is 1.37 bits per heavy atom. The molecule has 1 fully saturated rings. The van der Waals surface area contributed by atoms with E-state index in [2.05, 4.69) is 30.4 Å². The average molecular weight is 258 g/mol. The summed E-state index contributed by atoms with van der Waals surface area (Å²) in [6, 6.07) is 7.05. The fraction of sp³-hybridized carbons (Fsp3) is 0.562. The van der Waals surface area contributed by atoms with E-state index in [4.69, 9.17) is 0 Å². The summed E-state index contributed by atoms with van der Waals surface area (Å²) in [6.07, 6.45) is 2.83. The summed E-state index contributed by atoms with van der Waals surface area (Å²) >= 11 is 0. The molecule has 1 amide bonds. The van der Waals surface area contributed by atoms with Gasteiger partial charge in [-0.25, -0.2) is 0 Å².